The molecule has 1 aliphatic rings. The normalized spacial score (nSPS) is 15.0. The van der Waals surface area contributed by atoms with Gasteiger partial charge in [0.1, 0.15) is 0 Å². The molecular formula is C26H25N3O5. The summed E-state index contributed by atoms with van der Waals surface area (Å²) < 4.78 is 1.11. The highest BCUT2D eigenvalue weighted by atomic mass is 16.6. The minimum Gasteiger partial charge on any atom is -0.340 e. The molecule has 1 aromatic heterocycles. The van der Waals surface area contributed by atoms with Crippen LogP contribution in [-0.2, 0) is 11.2 Å². The van der Waals surface area contributed by atoms with Crippen molar-refractivity contribution >= 4 is 17.4 Å². The van der Waals surface area contributed by atoms with Gasteiger partial charge in [-0.1, -0.05) is 48.5 Å². The molecule has 174 valence electrons. The molecule has 1 amide bonds. The number of pyridine rings is 1. The van der Waals surface area contributed by atoms with E-state index in [1.54, 1.807) is 11.0 Å². The van der Waals surface area contributed by atoms with Gasteiger partial charge in [-0.25, -0.2) is 0 Å². The van der Waals surface area contributed by atoms with Crippen LogP contribution in [0.25, 0.3) is 0 Å². The zero-order valence-electron chi connectivity index (χ0n) is 18.6. The topological polar surface area (TPSA) is 103 Å². The third-order valence-corrected chi connectivity index (χ3v) is 6.25. The number of carbonyl (C=O) groups excluding carboxylic acids is 2. The Labute approximate surface area is 196 Å². The van der Waals surface area contributed by atoms with Gasteiger partial charge in [-0.3, -0.25) is 29.1 Å². The SMILES string of the molecule is O=C(c1cccc([N+](=O)[O-])c1)[C@H](C(=O)N1CCC(Cc2ccccc2)CC1)n1ccccc1=O. The molecule has 0 aliphatic carbocycles. The summed E-state index contributed by atoms with van der Waals surface area (Å²) in [7, 11) is 0. The highest BCUT2D eigenvalue weighted by Gasteiger charge is 2.35. The number of benzene rings is 2. The summed E-state index contributed by atoms with van der Waals surface area (Å²) in [5, 5.41) is 11.2. The predicted molar refractivity (Wildman–Crippen MR) is 127 cm³/mol. The maximum atomic E-state index is 13.6. The minimum atomic E-state index is -1.42. The summed E-state index contributed by atoms with van der Waals surface area (Å²) in [6, 6.07) is 18.4. The number of Topliss-reactive ketones (excluding diaryl/α,β-unsaturated/α-hetero) is 1. The molecular weight excluding hydrogens is 434 g/mol. The van der Waals surface area contributed by atoms with Gasteiger partial charge in [0.05, 0.1) is 4.92 Å². The van der Waals surface area contributed by atoms with Gasteiger partial charge in [-0.05, 0) is 36.8 Å². The fourth-order valence-corrected chi connectivity index (χ4v) is 4.42. The summed E-state index contributed by atoms with van der Waals surface area (Å²) in [6.45, 7) is 0.966. The van der Waals surface area contributed by atoms with E-state index in [1.165, 1.54) is 42.1 Å². The quantitative estimate of drug-likeness (QED) is 0.232. The molecule has 34 heavy (non-hydrogen) atoms. The van der Waals surface area contributed by atoms with Gasteiger partial charge in [0.25, 0.3) is 17.2 Å². The van der Waals surface area contributed by atoms with E-state index in [9.17, 15) is 24.5 Å². The summed E-state index contributed by atoms with van der Waals surface area (Å²) in [5.41, 5.74) is 0.530. The van der Waals surface area contributed by atoms with Crippen LogP contribution in [0.2, 0.25) is 0 Å². The second kappa shape index (κ2) is 10.2. The molecule has 0 radical (unpaired) electrons. The van der Waals surface area contributed by atoms with Gasteiger partial charge in [-0.15, -0.1) is 0 Å². The van der Waals surface area contributed by atoms with Gasteiger partial charge in [-0.2, -0.15) is 0 Å². The van der Waals surface area contributed by atoms with Crippen LogP contribution in [-0.4, -0.2) is 39.2 Å². The van der Waals surface area contributed by atoms with Crippen LogP contribution in [0.1, 0.15) is 34.8 Å². The molecule has 1 atom stereocenters. The number of aromatic nitrogens is 1. The number of hydrogen-bond acceptors (Lipinski definition) is 5. The Balaban J connectivity index is 1.56. The molecule has 0 saturated carbocycles. The van der Waals surface area contributed by atoms with E-state index >= 15 is 0 Å². The molecule has 8 nitrogen and oxygen atoms in total. The monoisotopic (exact) mass is 459 g/mol. The number of piperidine rings is 1. The van der Waals surface area contributed by atoms with Crippen molar-refractivity contribution in [3.8, 4) is 0 Å². The number of nitro groups is 1. The average molecular weight is 460 g/mol. The Bertz CT molecular complexity index is 1250. The van der Waals surface area contributed by atoms with Crippen LogP contribution >= 0.6 is 0 Å². The third-order valence-electron chi connectivity index (χ3n) is 6.25. The van der Waals surface area contributed by atoms with Crippen LogP contribution < -0.4 is 5.56 Å². The minimum absolute atomic E-state index is 0.0160. The zero-order valence-corrected chi connectivity index (χ0v) is 18.6. The molecule has 4 rings (SSSR count). The molecule has 1 aliphatic heterocycles. The van der Waals surface area contributed by atoms with Gasteiger partial charge >= 0.3 is 0 Å². The second-order valence-corrected chi connectivity index (χ2v) is 8.48. The highest BCUT2D eigenvalue weighted by Crippen LogP contribution is 2.25. The van der Waals surface area contributed by atoms with Crippen molar-refractivity contribution in [1.29, 1.82) is 0 Å². The Morgan fingerprint density at radius 2 is 1.68 bits per heavy atom. The summed E-state index contributed by atoms with van der Waals surface area (Å²) in [6.07, 6.45) is 3.92. The molecule has 0 unspecified atom stereocenters. The third kappa shape index (κ3) is 5.11. The van der Waals surface area contributed by atoms with E-state index in [4.69, 9.17) is 0 Å². The number of nitro benzene ring substituents is 1. The largest absolute Gasteiger partial charge is 0.340 e. The van der Waals surface area contributed by atoms with Crippen molar-refractivity contribution in [2.75, 3.05) is 13.1 Å². The molecule has 0 N–H and O–H groups in total. The fraction of sp³-hybridized carbons (Fsp3) is 0.269. The first-order chi connectivity index (χ1) is 16.4. The Morgan fingerprint density at radius 3 is 2.35 bits per heavy atom. The van der Waals surface area contributed by atoms with Gasteiger partial charge in [0, 0.05) is 43.0 Å². The standard InChI is InChI=1S/C26H25N3O5/c30-23-11-4-5-14-28(23)24(25(31)21-9-6-10-22(18-21)29(33)34)26(32)27-15-12-20(13-16-27)17-19-7-2-1-3-8-19/h1-11,14,18,20,24H,12-13,15-17H2/t24-/m1/s1. The molecule has 0 spiro atoms. The fourth-order valence-electron chi connectivity index (χ4n) is 4.42. The van der Waals surface area contributed by atoms with Crippen molar-refractivity contribution < 1.29 is 14.5 Å². The lowest BCUT2D eigenvalue weighted by molar-refractivity contribution is -0.384. The number of carbonyl (C=O) groups is 2. The smallest absolute Gasteiger partial charge is 0.270 e. The van der Waals surface area contributed by atoms with Crippen LogP contribution in [0.5, 0.6) is 0 Å². The molecule has 2 heterocycles. The molecule has 1 fully saturated rings. The number of non-ortho nitro benzene ring substituents is 1. The highest BCUT2D eigenvalue weighted by molar-refractivity contribution is 6.12. The molecule has 8 heteroatoms. The number of ketones is 1. The summed E-state index contributed by atoms with van der Waals surface area (Å²) >= 11 is 0. The molecule has 2 aromatic carbocycles. The van der Waals surface area contributed by atoms with Crippen molar-refractivity contribution in [2.45, 2.75) is 25.3 Å². The molecule has 3 aromatic rings. The maximum Gasteiger partial charge on any atom is 0.270 e. The van der Waals surface area contributed by atoms with Crippen LogP contribution in [0.4, 0.5) is 5.69 Å². The summed E-state index contributed by atoms with van der Waals surface area (Å²) in [4.78, 5) is 51.7. The molecule has 1 saturated heterocycles. The maximum absolute atomic E-state index is 13.6. The first-order valence-corrected chi connectivity index (χ1v) is 11.2. The van der Waals surface area contributed by atoms with Crippen molar-refractivity contribution in [2.24, 2.45) is 5.92 Å². The van der Waals surface area contributed by atoms with Crippen molar-refractivity contribution in [3.05, 3.63) is 111 Å². The predicted octanol–water partition coefficient (Wildman–Crippen LogP) is 3.66. The lowest BCUT2D eigenvalue weighted by Gasteiger charge is -2.34. The van der Waals surface area contributed by atoms with Gasteiger partial charge in [0.2, 0.25) is 0 Å². The van der Waals surface area contributed by atoms with E-state index in [2.05, 4.69) is 12.1 Å². The van der Waals surface area contributed by atoms with Crippen molar-refractivity contribution in [3.63, 3.8) is 0 Å². The van der Waals surface area contributed by atoms with Crippen LogP contribution in [0.3, 0.4) is 0 Å². The number of rotatable bonds is 7. The first-order valence-electron chi connectivity index (χ1n) is 11.2. The second-order valence-electron chi connectivity index (χ2n) is 8.48. The number of nitrogens with zero attached hydrogens (tertiary/aromatic N) is 3. The summed E-state index contributed by atoms with van der Waals surface area (Å²) in [5.74, 6) is -0.687. The van der Waals surface area contributed by atoms with Crippen LogP contribution in [0.15, 0.2) is 83.8 Å². The number of amides is 1. The molecule has 0 bridgehead atoms. The Kier molecular flexibility index (Phi) is 6.96. The van der Waals surface area contributed by atoms with E-state index in [0.29, 0.717) is 19.0 Å². The number of likely N-dealkylation sites (tertiary alicyclic amines) is 1. The first kappa shape index (κ1) is 23.1. The zero-order chi connectivity index (χ0) is 24.1. The number of hydrogen-bond donors (Lipinski definition) is 0. The lowest BCUT2D eigenvalue weighted by atomic mass is 9.89. The lowest BCUT2D eigenvalue weighted by Crippen LogP contribution is -2.46. The van der Waals surface area contributed by atoms with Gasteiger partial charge < -0.3 is 4.90 Å². The van der Waals surface area contributed by atoms with Crippen molar-refractivity contribution in [1.82, 2.24) is 9.47 Å². The van der Waals surface area contributed by atoms with E-state index in [-0.39, 0.29) is 11.3 Å². The van der Waals surface area contributed by atoms with E-state index in [0.717, 1.165) is 29.9 Å². The van der Waals surface area contributed by atoms with E-state index < -0.39 is 28.2 Å². The van der Waals surface area contributed by atoms with Crippen LogP contribution in [0, 0.1) is 16.0 Å². The van der Waals surface area contributed by atoms with E-state index in [1.807, 2.05) is 18.2 Å². The average Bonchev–Trinajstić information content (AvgIpc) is 2.86. The Hall–Kier alpha value is -4.07. The van der Waals surface area contributed by atoms with Gasteiger partial charge in [0.15, 0.2) is 11.8 Å². The Morgan fingerprint density at radius 1 is 0.971 bits per heavy atom.